The van der Waals surface area contributed by atoms with Crippen LogP contribution in [0.5, 0.6) is 0 Å². The van der Waals surface area contributed by atoms with Gasteiger partial charge in [-0.15, -0.1) is 0 Å². The van der Waals surface area contributed by atoms with Crippen LogP contribution in [-0.4, -0.2) is 0 Å². The van der Waals surface area contributed by atoms with Gasteiger partial charge in [0.05, 0.1) is 0 Å². The molecule has 1 aliphatic carbocycles. The first-order valence-electron chi connectivity index (χ1n) is 10.4. The SMILES string of the molecule is CCC(C)CCC(C)C(C)CCCC(C)C(C)C1CC1CC. The highest BCUT2D eigenvalue weighted by Crippen LogP contribution is 2.49. The molecule has 0 N–H and O–H groups in total. The van der Waals surface area contributed by atoms with Gasteiger partial charge in [0.15, 0.2) is 0 Å². The van der Waals surface area contributed by atoms with Crippen LogP contribution in [0.3, 0.4) is 0 Å². The third kappa shape index (κ3) is 6.63. The molecule has 0 nitrogen and oxygen atoms in total. The first-order chi connectivity index (χ1) is 10.4. The molecule has 1 saturated carbocycles. The molecule has 0 heterocycles. The van der Waals surface area contributed by atoms with Gasteiger partial charge >= 0.3 is 0 Å². The molecule has 0 radical (unpaired) electrons. The molecule has 0 aromatic carbocycles. The van der Waals surface area contributed by atoms with Gasteiger partial charge in [0.1, 0.15) is 0 Å². The predicted molar refractivity (Wildman–Crippen MR) is 101 cm³/mol. The normalized spacial score (nSPS) is 28.0. The lowest BCUT2D eigenvalue weighted by Gasteiger charge is -2.24. The minimum atomic E-state index is 0.912. The Kier molecular flexibility index (Phi) is 9.10. The molecule has 0 bridgehead atoms. The van der Waals surface area contributed by atoms with Crippen molar-refractivity contribution in [1.29, 1.82) is 0 Å². The molecule has 22 heavy (non-hydrogen) atoms. The Hall–Kier alpha value is 0. The van der Waals surface area contributed by atoms with E-state index in [0.717, 1.165) is 41.4 Å². The molecule has 1 aliphatic rings. The van der Waals surface area contributed by atoms with Crippen LogP contribution in [0.2, 0.25) is 0 Å². The van der Waals surface area contributed by atoms with Crippen LogP contribution in [0.25, 0.3) is 0 Å². The van der Waals surface area contributed by atoms with E-state index in [9.17, 15) is 0 Å². The van der Waals surface area contributed by atoms with Crippen molar-refractivity contribution in [3.63, 3.8) is 0 Å². The predicted octanol–water partition coefficient (Wildman–Crippen LogP) is 7.57. The Morgan fingerprint density at radius 2 is 1.36 bits per heavy atom. The van der Waals surface area contributed by atoms with Gasteiger partial charge in [-0.05, 0) is 47.8 Å². The molecule has 0 aromatic rings. The largest absolute Gasteiger partial charge is 0.0651 e. The molecule has 0 spiro atoms. The summed E-state index contributed by atoms with van der Waals surface area (Å²) in [4.78, 5) is 0. The van der Waals surface area contributed by atoms with Crippen LogP contribution in [0.15, 0.2) is 0 Å². The standard InChI is InChI=1S/C22H44/c1-8-16(3)13-14-18(5)17(4)11-10-12-19(6)20(7)22-15-21(22)9-2/h16-22H,8-15H2,1-7H3. The molecule has 0 aliphatic heterocycles. The molecule has 0 aromatic heterocycles. The van der Waals surface area contributed by atoms with Crippen molar-refractivity contribution in [3.8, 4) is 0 Å². The van der Waals surface area contributed by atoms with E-state index in [1.54, 1.807) is 0 Å². The highest BCUT2D eigenvalue weighted by Gasteiger charge is 2.40. The van der Waals surface area contributed by atoms with Gasteiger partial charge in [-0.2, -0.15) is 0 Å². The molecule has 0 heteroatoms. The van der Waals surface area contributed by atoms with Crippen LogP contribution in [0, 0.1) is 41.4 Å². The fourth-order valence-corrected chi connectivity index (χ4v) is 4.15. The lowest BCUT2D eigenvalue weighted by Crippen LogP contribution is -2.13. The van der Waals surface area contributed by atoms with Crippen LogP contribution in [0.4, 0.5) is 0 Å². The summed E-state index contributed by atoms with van der Waals surface area (Å²) in [5, 5.41) is 0. The maximum Gasteiger partial charge on any atom is -0.0355 e. The van der Waals surface area contributed by atoms with Crippen molar-refractivity contribution >= 4 is 0 Å². The van der Waals surface area contributed by atoms with E-state index < -0.39 is 0 Å². The summed E-state index contributed by atoms with van der Waals surface area (Å²) in [7, 11) is 0. The van der Waals surface area contributed by atoms with E-state index >= 15 is 0 Å². The Morgan fingerprint density at radius 1 is 0.773 bits per heavy atom. The molecular weight excluding hydrogens is 264 g/mol. The van der Waals surface area contributed by atoms with E-state index in [1.165, 1.54) is 51.4 Å². The minimum Gasteiger partial charge on any atom is -0.0651 e. The molecule has 7 atom stereocenters. The number of hydrogen-bond acceptors (Lipinski definition) is 0. The van der Waals surface area contributed by atoms with E-state index in [0.29, 0.717) is 0 Å². The Labute approximate surface area is 141 Å². The van der Waals surface area contributed by atoms with E-state index in [2.05, 4.69) is 48.5 Å². The zero-order valence-corrected chi connectivity index (χ0v) is 16.7. The topological polar surface area (TPSA) is 0 Å². The smallest absolute Gasteiger partial charge is 0.0355 e. The van der Waals surface area contributed by atoms with Crippen molar-refractivity contribution < 1.29 is 0 Å². The van der Waals surface area contributed by atoms with Crippen molar-refractivity contribution in [2.24, 2.45) is 41.4 Å². The lowest BCUT2D eigenvalue weighted by atomic mass is 9.82. The molecule has 1 rings (SSSR count). The van der Waals surface area contributed by atoms with E-state index in [4.69, 9.17) is 0 Å². The number of hydrogen-bond donors (Lipinski definition) is 0. The zero-order chi connectivity index (χ0) is 16.7. The van der Waals surface area contributed by atoms with Gasteiger partial charge in [0, 0.05) is 0 Å². The first-order valence-corrected chi connectivity index (χ1v) is 10.4. The second-order valence-electron chi connectivity index (χ2n) is 8.88. The summed E-state index contributed by atoms with van der Waals surface area (Å²) >= 11 is 0. The Morgan fingerprint density at radius 3 is 1.91 bits per heavy atom. The second kappa shape index (κ2) is 9.99. The molecule has 7 unspecified atom stereocenters. The molecule has 132 valence electrons. The fourth-order valence-electron chi connectivity index (χ4n) is 4.15. The molecular formula is C22H44. The highest BCUT2D eigenvalue weighted by molar-refractivity contribution is 4.90. The van der Waals surface area contributed by atoms with Crippen molar-refractivity contribution in [3.05, 3.63) is 0 Å². The van der Waals surface area contributed by atoms with Crippen molar-refractivity contribution in [2.45, 2.75) is 99.8 Å². The molecule has 0 amide bonds. The fraction of sp³-hybridized carbons (Fsp3) is 1.00. The summed E-state index contributed by atoms with van der Waals surface area (Å²) in [6, 6.07) is 0. The third-order valence-corrected chi connectivity index (χ3v) is 7.18. The second-order valence-corrected chi connectivity index (χ2v) is 8.88. The van der Waals surface area contributed by atoms with E-state index in [1.807, 2.05) is 0 Å². The van der Waals surface area contributed by atoms with Crippen LogP contribution in [-0.2, 0) is 0 Å². The minimum absolute atomic E-state index is 0.912. The molecule has 0 saturated heterocycles. The summed E-state index contributed by atoms with van der Waals surface area (Å²) < 4.78 is 0. The molecule has 1 fully saturated rings. The number of rotatable bonds is 12. The summed E-state index contributed by atoms with van der Waals surface area (Å²) in [5.74, 6) is 6.77. The summed E-state index contributed by atoms with van der Waals surface area (Å²) in [5.41, 5.74) is 0. The lowest BCUT2D eigenvalue weighted by molar-refractivity contribution is 0.272. The van der Waals surface area contributed by atoms with Gasteiger partial charge in [-0.3, -0.25) is 0 Å². The Balaban J connectivity index is 2.14. The maximum absolute atomic E-state index is 2.52. The van der Waals surface area contributed by atoms with Crippen LogP contribution >= 0.6 is 0 Å². The monoisotopic (exact) mass is 308 g/mol. The summed E-state index contributed by atoms with van der Waals surface area (Å²) in [6.45, 7) is 17.1. The van der Waals surface area contributed by atoms with Gasteiger partial charge < -0.3 is 0 Å². The van der Waals surface area contributed by atoms with Crippen LogP contribution < -0.4 is 0 Å². The van der Waals surface area contributed by atoms with Crippen molar-refractivity contribution in [1.82, 2.24) is 0 Å². The van der Waals surface area contributed by atoms with E-state index in [-0.39, 0.29) is 0 Å². The van der Waals surface area contributed by atoms with Gasteiger partial charge in [-0.1, -0.05) is 93.4 Å². The first kappa shape index (κ1) is 20.0. The van der Waals surface area contributed by atoms with Gasteiger partial charge in [-0.25, -0.2) is 0 Å². The maximum atomic E-state index is 2.52. The highest BCUT2D eigenvalue weighted by atomic mass is 14.5. The third-order valence-electron chi connectivity index (χ3n) is 7.18. The summed E-state index contributed by atoms with van der Waals surface area (Å²) in [6.07, 6.45) is 11.5. The quantitative estimate of drug-likeness (QED) is 0.348. The average molecular weight is 309 g/mol. The average Bonchev–Trinajstić information content (AvgIpc) is 3.30. The van der Waals surface area contributed by atoms with Gasteiger partial charge in [0.25, 0.3) is 0 Å². The van der Waals surface area contributed by atoms with Crippen molar-refractivity contribution in [2.75, 3.05) is 0 Å². The van der Waals surface area contributed by atoms with Gasteiger partial charge in [0.2, 0.25) is 0 Å². The Bertz CT molecular complexity index is 282. The zero-order valence-electron chi connectivity index (χ0n) is 16.7. The van der Waals surface area contributed by atoms with Crippen LogP contribution in [0.1, 0.15) is 99.8 Å².